The zero-order valence-corrected chi connectivity index (χ0v) is 20.2. The molecule has 0 atom stereocenters. The lowest BCUT2D eigenvalue weighted by molar-refractivity contribution is 0.103. The largest absolute Gasteiger partial charge is 0.383 e. The summed E-state index contributed by atoms with van der Waals surface area (Å²) in [6.45, 7) is 17.6. The van der Waals surface area contributed by atoms with Crippen LogP contribution in [0.2, 0.25) is 0 Å². The molecular formula is C27H34N2O. The number of aliphatic imine (C=N–C) groups is 1. The van der Waals surface area contributed by atoms with Gasteiger partial charge >= 0.3 is 0 Å². The fourth-order valence-electron chi connectivity index (χ4n) is 4.52. The summed E-state index contributed by atoms with van der Waals surface area (Å²) in [5.41, 5.74) is 14.5. The highest BCUT2D eigenvalue weighted by molar-refractivity contribution is 6.24. The molecule has 0 unspecified atom stereocenters. The van der Waals surface area contributed by atoms with Gasteiger partial charge in [-0.3, -0.25) is 9.79 Å². The van der Waals surface area contributed by atoms with Crippen LogP contribution in [-0.2, 0) is 0 Å². The second-order valence-electron chi connectivity index (χ2n) is 8.98. The van der Waals surface area contributed by atoms with E-state index < -0.39 is 0 Å². The smallest absolute Gasteiger partial charge is 0.193 e. The number of Topliss-reactive ketones (excluding diaryl/α,β-unsaturated/α-hetero) is 1. The van der Waals surface area contributed by atoms with Crippen LogP contribution in [0.25, 0.3) is 0 Å². The van der Waals surface area contributed by atoms with E-state index >= 15 is 0 Å². The molecule has 2 aromatic carbocycles. The number of carbonyl (C=O) groups is 1. The molecule has 1 aliphatic heterocycles. The molecular weight excluding hydrogens is 368 g/mol. The lowest BCUT2D eigenvalue weighted by Crippen LogP contribution is -2.17. The van der Waals surface area contributed by atoms with E-state index in [2.05, 4.69) is 61.5 Å². The van der Waals surface area contributed by atoms with Crippen LogP contribution in [0.5, 0.6) is 0 Å². The summed E-state index contributed by atoms with van der Waals surface area (Å²) in [5, 5.41) is 0. The van der Waals surface area contributed by atoms with Crippen molar-refractivity contribution in [1.29, 1.82) is 0 Å². The van der Waals surface area contributed by atoms with Crippen LogP contribution in [0, 0.1) is 55.4 Å². The molecule has 0 radical (unpaired) electrons. The highest BCUT2D eigenvalue weighted by atomic mass is 16.1. The van der Waals surface area contributed by atoms with E-state index in [0.29, 0.717) is 6.54 Å². The third-order valence-electron chi connectivity index (χ3n) is 6.99. The molecule has 158 valence electrons. The van der Waals surface area contributed by atoms with E-state index in [0.717, 1.165) is 28.0 Å². The number of rotatable bonds is 2. The molecule has 1 heterocycles. The summed E-state index contributed by atoms with van der Waals surface area (Å²) in [6, 6.07) is 2.16. The van der Waals surface area contributed by atoms with Gasteiger partial charge in [0.2, 0.25) is 0 Å². The van der Waals surface area contributed by atoms with Gasteiger partial charge in [-0.25, -0.2) is 0 Å². The molecule has 0 saturated carbocycles. The first-order chi connectivity index (χ1) is 14.0. The molecule has 0 bridgehead atoms. The lowest BCUT2D eigenvalue weighted by Gasteiger charge is -2.22. The summed E-state index contributed by atoms with van der Waals surface area (Å²) >= 11 is 0. The van der Waals surface area contributed by atoms with Crippen molar-refractivity contribution in [3.05, 3.63) is 79.0 Å². The zero-order valence-electron chi connectivity index (χ0n) is 20.2. The highest BCUT2D eigenvalue weighted by Gasteiger charge is 2.29. The van der Waals surface area contributed by atoms with E-state index in [1.807, 2.05) is 25.2 Å². The summed E-state index contributed by atoms with van der Waals surface area (Å²) in [6.07, 6.45) is 1.92. The second-order valence-corrected chi connectivity index (χ2v) is 8.98. The van der Waals surface area contributed by atoms with Gasteiger partial charge in [0.1, 0.15) is 0 Å². The predicted octanol–water partition coefficient (Wildman–Crippen LogP) is 5.63. The van der Waals surface area contributed by atoms with Crippen LogP contribution in [0.15, 0.2) is 22.8 Å². The van der Waals surface area contributed by atoms with Crippen LogP contribution in [0.3, 0.4) is 0 Å². The predicted molar refractivity (Wildman–Crippen MR) is 127 cm³/mol. The minimum absolute atomic E-state index is 0.0916. The molecule has 2 aromatic rings. The maximum atomic E-state index is 13.6. The van der Waals surface area contributed by atoms with Gasteiger partial charge in [-0.05, 0) is 106 Å². The van der Waals surface area contributed by atoms with Crippen molar-refractivity contribution in [3.8, 4) is 0 Å². The molecule has 3 heteroatoms. The number of hydrogen-bond acceptors (Lipinski definition) is 3. The number of benzene rings is 2. The third kappa shape index (κ3) is 3.40. The van der Waals surface area contributed by atoms with Crippen molar-refractivity contribution in [1.82, 2.24) is 4.90 Å². The van der Waals surface area contributed by atoms with Crippen molar-refractivity contribution in [3.63, 3.8) is 0 Å². The second kappa shape index (κ2) is 7.86. The Labute approximate surface area is 181 Å². The Morgan fingerprint density at radius 1 is 0.767 bits per heavy atom. The number of carbonyl (C=O) groups excluding carboxylic acids is 1. The number of aryl methyl sites for hydroxylation is 1. The first-order valence-corrected chi connectivity index (χ1v) is 10.6. The Morgan fingerprint density at radius 2 is 1.27 bits per heavy atom. The Balaban J connectivity index is 2.46. The number of fused-ring (bicyclic) bond motifs is 1. The molecule has 1 aliphatic rings. The van der Waals surface area contributed by atoms with Crippen molar-refractivity contribution >= 4 is 11.5 Å². The summed E-state index contributed by atoms with van der Waals surface area (Å²) in [7, 11) is 3.90. The summed E-state index contributed by atoms with van der Waals surface area (Å²) in [5.74, 6) is 0.0916. The monoisotopic (exact) mass is 402 g/mol. The van der Waals surface area contributed by atoms with Crippen LogP contribution in [0.1, 0.15) is 66.0 Å². The Hall–Kier alpha value is -2.68. The molecule has 0 N–H and O–H groups in total. The van der Waals surface area contributed by atoms with Crippen molar-refractivity contribution in [2.24, 2.45) is 4.99 Å². The van der Waals surface area contributed by atoms with Gasteiger partial charge in [0.15, 0.2) is 5.78 Å². The van der Waals surface area contributed by atoms with Gasteiger partial charge in [0.05, 0.1) is 12.3 Å². The normalized spacial score (nSPS) is 15.2. The van der Waals surface area contributed by atoms with Crippen LogP contribution >= 0.6 is 0 Å². The molecule has 0 saturated heterocycles. The SMILES string of the molecule is Cc1cc2c(c(C)c1C)C(=O)/C(=C/N(C)C)CN=C2c1c(C)c(C)c(C)c(C)c1C. The van der Waals surface area contributed by atoms with Crippen LogP contribution in [-0.4, -0.2) is 37.0 Å². The summed E-state index contributed by atoms with van der Waals surface area (Å²) < 4.78 is 0. The molecule has 3 rings (SSSR count). The minimum Gasteiger partial charge on any atom is -0.383 e. The molecule has 30 heavy (non-hydrogen) atoms. The van der Waals surface area contributed by atoms with Gasteiger partial charge < -0.3 is 4.90 Å². The van der Waals surface area contributed by atoms with E-state index in [-0.39, 0.29) is 5.78 Å². The van der Waals surface area contributed by atoms with Crippen molar-refractivity contribution in [2.45, 2.75) is 55.4 Å². The van der Waals surface area contributed by atoms with Gasteiger partial charge in [-0.1, -0.05) is 0 Å². The van der Waals surface area contributed by atoms with Gasteiger partial charge in [0, 0.05) is 42.6 Å². The Bertz CT molecular complexity index is 1100. The number of ketones is 1. The topological polar surface area (TPSA) is 32.7 Å². The molecule has 0 aromatic heterocycles. The molecule has 0 spiro atoms. The number of hydrogen-bond donors (Lipinski definition) is 0. The molecule has 3 nitrogen and oxygen atoms in total. The van der Waals surface area contributed by atoms with E-state index in [9.17, 15) is 4.79 Å². The van der Waals surface area contributed by atoms with E-state index in [1.54, 1.807) is 0 Å². The Kier molecular flexibility index (Phi) is 5.77. The highest BCUT2D eigenvalue weighted by Crippen LogP contribution is 2.34. The van der Waals surface area contributed by atoms with Crippen LogP contribution < -0.4 is 0 Å². The average Bonchev–Trinajstić information content (AvgIpc) is 2.81. The maximum Gasteiger partial charge on any atom is 0.193 e. The van der Waals surface area contributed by atoms with Gasteiger partial charge in [0.25, 0.3) is 0 Å². The van der Waals surface area contributed by atoms with Crippen molar-refractivity contribution in [2.75, 3.05) is 20.6 Å². The first-order valence-electron chi connectivity index (χ1n) is 10.6. The Morgan fingerprint density at radius 3 is 1.80 bits per heavy atom. The summed E-state index contributed by atoms with van der Waals surface area (Å²) in [4.78, 5) is 20.6. The zero-order chi connectivity index (χ0) is 22.5. The van der Waals surface area contributed by atoms with E-state index in [4.69, 9.17) is 4.99 Å². The quantitative estimate of drug-likeness (QED) is 0.610. The molecule has 0 amide bonds. The fourth-order valence-corrected chi connectivity index (χ4v) is 4.52. The average molecular weight is 403 g/mol. The molecule has 0 aliphatic carbocycles. The van der Waals surface area contributed by atoms with Gasteiger partial charge in [-0.15, -0.1) is 0 Å². The third-order valence-corrected chi connectivity index (χ3v) is 6.99. The van der Waals surface area contributed by atoms with E-state index in [1.165, 1.54) is 44.5 Å². The van der Waals surface area contributed by atoms with Gasteiger partial charge in [-0.2, -0.15) is 0 Å². The molecule has 0 fully saturated rings. The minimum atomic E-state index is 0.0916. The number of nitrogens with zero attached hydrogens (tertiary/aromatic N) is 2. The lowest BCUT2D eigenvalue weighted by atomic mass is 9.82. The van der Waals surface area contributed by atoms with Crippen molar-refractivity contribution < 1.29 is 4.79 Å². The first kappa shape index (κ1) is 22.0. The maximum absolute atomic E-state index is 13.6. The van der Waals surface area contributed by atoms with Crippen LogP contribution in [0.4, 0.5) is 0 Å². The standard InChI is InChI=1S/C27H34N2O/c1-14-11-23-25(19(6)15(14)2)27(30)22(13-29(9)10)12-28-26(23)24-20(7)17(4)16(3)18(5)21(24)8/h11,13H,12H2,1-10H3/b22-13+. The fraction of sp³-hybridized carbons (Fsp3) is 0.407.